The van der Waals surface area contributed by atoms with E-state index in [0.717, 1.165) is 11.4 Å². The van der Waals surface area contributed by atoms with Crippen molar-refractivity contribution in [3.63, 3.8) is 0 Å². The maximum absolute atomic E-state index is 13.6. The lowest BCUT2D eigenvalue weighted by Gasteiger charge is -2.26. The van der Waals surface area contributed by atoms with Crippen molar-refractivity contribution in [3.05, 3.63) is 47.9 Å². The Kier molecular flexibility index (Phi) is 5.72. The lowest BCUT2D eigenvalue weighted by molar-refractivity contribution is 0.393. The Morgan fingerprint density at radius 3 is 2.91 bits per heavy atom. The van der Waals surface area contributed by atoms with Gasteiger partial charge in [-0.1, -0.05) is 0 Å². The molecular weight excluding hydrogens is 467 g/mol. The van der Waals surface area contributed by atoms with Crippen molar-refractivity contribution in [2.75, 3.05) is 30.7 Å². The van der Waals surface area contributed by atoms with Gasteiger partial charge < -0.3 is 10.4 Å². The second-order valence-electron chi connectivity index (χ2n) is 7.65. The maximum atomic E-state index is 13.6. The number of benzene rings is 1. The van der Waals surface area contributed by atoms with Crippen LogP contribution < -0.4 is 5.32 Å². The number of nitrogens with zero attached hydrogens (tertiary/aromatic N) is 5. The Labute approximate surface area is 193 Å². The Balaban J connectivity index is 1.43. The monoisotopic (exact) mass is 488 g/mol. The van der Waals surface area contributed by atoms with Crippen LogP contribution in [0.3, 0.4) is 0 Å². The van der Waals surface area contributed by atoms with E-state index in [1.165, 1.54) is 27.8 Å². The van der Waals surface area contributed by atoms with Gasteiger partial charge in [0.1, 0.15) is 5.69 Å². The molecule has 2 N–H and O–H groups in total. The first-order valence-electron chi connectivity index (χ1n) is 10.4. The van der Waals surface area contributed by atoms with E-state index in [-0.39, 0.29) is 5.75 Å². The van der Waals surface area contributed by atoms with Crippen LogP contribution in [0.4, 0.5) is 10.3 Å². The summed E-state index contributed by atoms with van der Waals surface area (Å²) in [4.78, 5) is 14.2. The van der Waals surface area contributed by atoms with Gasteiger partial charge in [0, 0.05) is 43.0 Å². The summed E-state index contributed by atoms with van der Waals surface area (Å²) >= 11 is 1.45. The molecule has 12 heteroatoms. The van der Waals surface area contributed by atoms with Gasteiger partial charge in [-0.15, -0.1) is 11.3 Å². The van der Waals surface area contributed by atoms with E-state index in [1.54, 1.807) is 18.3 Å². The van der Waals surface area contributed by atoms with E-state index in [0.29, 0.717) is 54.6 Å². The van der Waals surface area contributed by atoms with Gasteiger partial charge in [0.05, 0.1) is 17.1 Å². The van der Waals surface area contributed by atoms with Crippen LogP contribution >= 0.6 is 11.3 Å². The molecule has 0 saturated carbocycles. The van der Waals surface area contributed by atoms with Crippen molar-refractivity contribution in [2.24, 2.45) is 0 Å². The van der Waals surface area contributed by atoms with Crippen molar-refractivity contribution >= 4 is 32.3 Å². The van der Waals surface area contributed by atoms with Crippen LogP contribution in [-0.4, -0.2) is 62.6 Å². The van der Waals surface area contributed by atoms with Gasteiger partial charge in [0.2, 0.25) is 16.0 Å². The third kappa shape index (κ3) is 4.28. The highest BCUT2D eigenvalue weighted by atomic mass is 32.2. The molecule has 0 unspecified atom stereocenters. The molecule has 4 aromatic rings. The summed E-state index contributed by atoms with van der Waals surface area (Å²) in [5.74, 6) is -0.600. The number of sulfonamides is 1. The number of aromatic hydroxyl groups is 1. The molecule has 3 aromatic heterocycles. The molecule has 5 rings (SSSR count). The molecule has 33 heavy (non-hydrogen) atoms. The minimum atomic E-state index is -3.19. The minimum Gasteiger partial charge on any atom is -0.505 e. The number of halogens is 1. The zero-order valence-corrected chi connectivity index (χ0v) is 19.1. The summed E-state index contributed by atoms with van der Waals surface area (Å²) in [6.07, 6.45) is 5.05. The first-order valence-corrected chi connectivity index (χ1v) is 12.9. The predicted molar refractivity (Wildman–Crippen MR) is 124 cm³/mol. The fourth-order valence-corrected chi connectivity index (χ4v) is 6.17. The molecule has 1 aliphatic rings. The van der Waals surface area contributed by atoms with Gasteiger partial charge in [0.25, 0.3) is 0 Å². The molecule has 0 radical (unpaired) electrons. The highest BCUT2D eigenvalue weighted by molar-refractivity contribution is 7.89. The summed E-state index contributed by atoms with van der Waals surface area (Å²) < 4.78 is 41.3. The Morgan fingerprint density at radius 2 is 2.09 bits per heavy atom. The standard InChI is InChI=1S/C21H21FN6O3S2/c22-15-4-3-14(13-17(15)29)18-19(28-10-11-32-21(28)26-18)16-5-6-23-20(25-16)24-7-9-27-8-1-2-12-33(27,30)31/h3-6,10-11,13,29H,1-2,7-9,12H2,(H,23,24,25). The fourth-order valence-electron chi connectivity index (χ4n) is 3.85. The summed E-state index contributed by atoms with van der Waals surface area (Å²) in [5, 5.41) is 14.8. The molecule has 1 aliphatic heterocycles. The molecule has 9 nitrogen and oxygen atoms in total. The Morgan fingerprint density at radius 1 is 1.21 bits per heavy atom. The van der Waals surface area contributed by atoms with Gasteiger partial charge in [0.15, 0.2) is 16.5 Å². The number of anilines is 1. The van der Waals surface area contributed by atoms with Crippen molar-refractivity contribution in [1.29, 1.82) is 0 Å². The number of nitrogens with one attached hydrogen (secondary N) is 1. The minimum absolute atomic E-state index is 0.193. The molecule has 0 spiro atoms. The second kappa shape index (κ2) is 8.69. The second-order valence-corrected chi connectivity index (χ2v) is 10.6. The highest BCUT2D eigenvalue weighted by Crippen LogP contribution is 2.35. The SMILES string of the molecule is O=S1(=O)CCCCN1CCNc1nccc(-c2c(-c3ccc(F)c(O)c3)nc3sccn23)n1. The number of hydrogen-bond donors (Lipinski definition) is 2. The average molecular weight is 489 g/mol. The van der Waals surface area contributed by atoms with Crippen LogP contribution in [0.15, 0.2) is 42.0 Å². The van der Waals surface area contributed by atoms with E-state index in [1.807, 2.05) is 16.0 Å². The lowest BCUT2D eigenvalue weighted by atomic mass is 10.1. The molecule has 0 aliphatic carbocycles. The molecule has 172 valence electrons. The van der Waals surface area contributed by atoms with Crippen LogP contribution in [-0.2, 0) is 10.0 Å². The summed E-state index contributed by atoms with van der Waals surface area (Å²) in [6, 6.07) is 5.84. The third-order valence-corrected chi connectivity index (χ3v) is 8.19. The highest BCUT2D eigenvalue weighted by Gasteiger charge is 2.25. The van der Waals surface area contributed by atoms with Crippen LogP contribution in [0.25, 0.3) is 27.6 Å². The van der Waals surface area contributed by atoms with Gasteiger partial charge in [-0.3, -0.25) is 4.40 Å². The maximum Gasteiger partial charge on any atom is 0.223 e. The number of phenols is 1. The molecular formula is C21H21FN6O3S2. The molecule has 0 bridgehead atoms. The quantitative estimate of drug-likeness (QED) is 0.429. The van der Waals surface area contributed by atoms with Gasteiger partial charge in [-0.05, 0) is 37.1 Å². The van der Waals surface area contributed by atoms with Crippen molar-refractivity contribution in [1.82, 2.24) is 23.7 Å². The molecule has 1 aromatic carbocycles. The number of thiazole rings is 1. The summed E-state index contributed by atoms with van der Waals surface area (Å²) in [7, 11) is -3.19. The van der Waals surface area contributed by atoms with E-state index in [4.69, 9.17) is 0 Å². The number of rotatable bonds is 6. The van der Waals surface area contributed by atoms with E-state index in [9.17, 15) is 17.9 Å². The Hall–Kier alpha value is -3.09. The third-order valence-electron chi connectivity index (χ3n) is 5.48. The summed E-state index contributed by atoms with van der Waals surface area (Å²) in [5.41, 5.74) is 2.38. The van der Waals surface area contributed by atoms with Crippen molar-refractivity contribution in [2.45, 2.75) is 12.8 Å². The topological polar surface area (TPSA) is 113 Å². The number of aromatic nitrogens is 4. The van der Waals surface area contributed by atoms with E-state index < -0.39 is 21.6 Å². The van der Waals surface area contributed by atoms with Gasteiger partial charge in [-0.25, -0.2) is 32.1 Å². The average Bonchev–Trinajstić information content (AvgIpc) is 3.38. The van der Waals surface area contributed by atoms with E-state index in [2.05, 4.69) is 20.3 Å². The normalized spacial score (nSPS) is 16.3. The van der Waals surface area contributed by atoms with Crippen LogP contribution in [0.1, 0.15) is 12.8 Å². The largest absolute Gasteiger partial charge is 0.505 e. The Bertz CT molecular complexity index is 1420. The number of imidazole rings is 1. The number of phenolic OH excluding ortho intramolecular Hbond substituents is 1. The number of hydrogen-bond acceptors (Lipinski definition) is 8. The smallest absolute Gasteiger partial charge is 0.223 e. The van der Waals surface area contributed by atoms with Crippen LogP contribution in [0.2, 0.25) is 0 Å². The molecule has 1 fully saturated rings. The first kappa shape index (κ1) is 21.7. The van der Waals surface area contributed by atoms with Gasteiger partial charge in [-0.2, -0.15) is 0 Å². The zero-order chi connectivity index (χ0) is 23.0. The molecule has 0 amide bonds. The molecule has 0 atom stereocenters. The first-order chi connectivity index (χ1) is 15.9. The predicted octanol–water partition coefficient (Wildman–Crippen LogP) is 3.20. The van der Waals surface area contributed by atoms with E-state index >= 15 is 0 Å². The fraction of sp³-hybridized carbons (Fsp3) is 0.286. The van der Waals surface area contributed by atoms with Crippen molar-refractivity contribution < 1.29 is 17.9 Å². The molecule has 4 heterocycles. The van der Waals surface area contributed by atoms with Crippen LogP contribution in [0.5, 0.6) is 5.75 Å². The molecule has 1 saturated heterocycles. The van der Waals surface area contributed by atoms with Crippen LogP contribution in [0, 0.1) is 5.82 Å². The van der Waals surface area contributed by atoms with Crippen molar-refractivity contribution in [3.8, 4) is 28.4 Å². The lowest BCUT2D eigenvalue weighted by Crippen LogP contribution is -2.40. The number of fused-ring (bicyclic) bond motifs is 1. The summed E-state index contributed by atoms with van der Waals surface area (Å²) in [6.45, 7) is 1.25. The zero-order valence-electron chi connectivity index (χ0n) is 17.5. The van der Waals surface area contributed by atoms with Gasteiger partial charge >= 0.3 is 0 Å².